The van der Waals surface area contributed by atoms with Gasteiger partial charge in [-0.2, -0.15) is 13.2 Å². The van der Waals surface area contributed by atoms with E-state index in [1.54, 1.807) is 0 Å². The maximum Gasteiger partial charge on any atom is 0.511 e. The van der Waals surface area contributed by atoms with E-state index in [4.69, 9.17) is 0 Å². The number of hydrogen-bond acceptors (Lipinski definition) is 3. The summed E-state index contributed by atoms with van der Waals surface area (Å²) in [5.41, 5.74) is -5.28. The Morgan fingerprint density at radius 2 is 1.93 bits per heavy atom. The predicted octanol–water partition coefficient (Wildman–Crippen LogP) is 0.587. The number of hydrogen-bond donors (Lipinski definition) is 2. The zero-order valence-electron chi connectivity index (χ0n) is 7.79. The normalized spacial score (nSPS) is 28.3. The smallest absolute Gasteiger partial charge is 0.393 e. The molecule has 0 heterocycles. The Hall–Kier alpha value is -0.340. The highest BCUT2D eigenvalue weighted by atomic mass is 32.2. The van der Waals surface area contributed by atoms with Crippen molar-refractivity contribution < 1.29 is 26.7 Å². The first-order valence-corrected chi connectivity index (χ1v) is 5.96. The summed E-state index contributed by atoms with van der Waals surface area (Å²) < 4.78 is 58.3. The third-order valence-electron chi connectivity index (χ3n) is 2.46. The van der Waals surface area contributed by atoms with Gasteiger partial charge < -0.3 is 5.11 Å². The Bertz CT molecular complexity index is 314. The molecule has 0 aromatic carbocycles. The Kier molecular flexibility index (Phi) is 3.62. The highest BCUT2D eigenvalue weighted by Gasteiger charge is 2.46. The number of alkyl halides is 3. The highest BCUT2D eigenvalue weighted by Crippen LogP contribution is 2.26. The summed E-state index contributed by atoms with van der Waals surface area (Å²) in [4.78, 5) is 0. The maximum absolute atomic E-state index is 11.9. The van der Waals surface area contributed by atoms with Crippen LogP contribution in [0.2, 0.25) is 0 Å². The molecule has 0 radical (unpaired) electrons. The van der Waals surface area contributed by atoms with Crippen molar-refractivity contribution in [1.29, 1.82) is 0 Å². The zero-order chi connectivity index (χ0) is 11.7. The lowest BCUT2D eigenvalue weighted by molar-refractivity contribution is -0.0449. The molecule has 4 nitrogen and oxygen atoms in total. The molecule has 0 aromatic rings. The quantitative estimate of drug-likeness (QED) is 0.767. The molecule has 2 N–H and O–H groups in total. The number of aliphatic hydroxyl groups is 1. The van der Waals surface area contributed by atoms with Crippen molar-refractivity contribution in [2.45, 2.75) is 30.9 Å². The second kappa shape index (κ2) is 4.26. The second-order valence-electron chi connectivity index (χ2n) is 3.56. The molecule has 1 rings (SSSR count). The number of aliphatic hydroxyl groups excluding tert-OH is 1. The molecule has 2 unspecified atom stereocenters. The molecule has 0 saturated heterocycles. The van der Waals surface area contributed by atoms with Gasteiger partial charge in [0.15, 0.2) is 0 Å². The van der Waals surface area contributed by atoms with Crippen LogP contribution in [-0.4, -0.2) is 31.7 Å². The van der Waals surface area contributed by atoms with Crippen LogP contribution in [0, 0.1) is 5.92 Å². The van der Waals surface area contributed by atoms with Crippen LogP contribution in [0.25, 0.3) is 0 Å². The van der Waals surface area contributed by atoms with Crippen LogP contribution in [0.4, 0.5) is 13.2 Å². The zero-order valence-corrected chi connectivity index (χ0v) is 8.61. The van der Waals surface area contributed by atoms with E-state index in [1.807, 2.05) is 0 Å². The largest absolute Gasteiger partial charge is 0.511 e. The van der Waals surface area contributed by atoms with E-state index in [-0.39, 0.29) is 6.54 Å². The van der Waals surface area contributed by atoms with E-state index in [0.29, 0.717) is 19.3 Å². The van der Waals surface area contributed by atoms with E-state index >= 15 is 0 Å². The summed E-state index contributed by atoms with van der Waals surface area (Å²) in [5.74, 6) is -0.415. The van der Waals surface area contributed by atoms with Gasteiger partial charge in [0.05, 0.1) is 6.10 Å². The molecular formula is C7H12F3NO3S. The molecular weight excluding hydrogens is 235 g/mol. The maximum atomic E-state index is 11.9. The molecule has 1 aliphatic rings. The lowest BCUT2D eigenvalue weighted by Crippen LogP contribution is -2.40. The average molecular weight is 247 g/mol. The van der Waals surface area contributed by atoms with Crippen LogP contribution >= 0.6 is 0 Å². The molecule has 90 valence electrons. The number of halogens is 3. The van der Waals surface area contributed by atoms with Crippen LogP contribution in [0.5, 0.6) is 0 Å². The second-order valence-corrected chi connectivity index (χ2v) is 5.31. The Morgan fingerprint density at radius 1 is 1.33 bits per heavy atom. The summed E-state index contributed by atoms with van der Waals surface area (Å²) in [5, 5.41) is 9.27. The molecule has 2 atom stereocenters. The highest BCUT2D eigenvalue weighted by molar-refractivity contribution is 7.90. The van der Waals surface area contributed by atoms with E-state index < -0.39 is 27.6 Å². The predicted molar refractivity (Wildman–Crippen MR) is 46.3 cm³/mol. The van der Waals surface area contributed by atoms with Gasteiger partial charge in [-0.15, -0.1) is 0 Å². The Balaban J connectivity index is 2.50. The van der Waals surface area contributed by atoms with Crippen molar-refractivity contribution in [3.8, 4) is 0 Å². The third kappa shape index (κ3) is 3.05. The van der Waals surface area contributed by atoms with Gasteiger partial charge in [-0.25, -0.2) is 13.1 Å². The van der Waals surface area contributed by atoms with Gasteiger partial charge in [-0.3, -0.25) is 0 Å². The lowest BCUT2D eigenvalue weighted by Gasteiger charge is -2.16. The summed E-state index contributed by atoms with van der Waals surface area (Å²) in [6.07, 6.45) is 1.06. The molecule has 8 heteroatoms. The van der Waals surface area contributed by atoms with E-state index in [0.717, 1.165) is 0 Å². The standard InChI is InChI=1S/C7H12F3NO3S/c8-7(9,10)15(13,14)11-4-5-2-1-3-6(5)12/h5-6,11-12H,1-4H2. The number of nitrogens with one attached hydrogen (secondary N) is 1. The minimum Gasteiger partial charge on any atom is -0.393 e. The fraction of sp³-hybridized carbons (Fsp3) is 1.00. The molecule has 0 aromatic heterocycles. The molecule has 1 fully saturated rings. The molecule has 0 spiro atoms. The van der Waals surface area contributed by atoms with Crippen molar-refractivity contribution >= 4 is 10.0 Å². The molecule has 15 heavy (non-hydrogen) atoms. The van der Waals surface area contributed by atoms with Crippen molar-refractivity contribution in [2.24, 2.45) is 5.92 Å². The van der Waals surface area contributed by atoms with E-state index in [9.17, 15) is 26.7 Å². The minimum absolute atomic E-state index is 0.358. The van der Waals surface area contributed by atoms with Gasteiger partial charge >= 0.3 is 15.5 Å². The van der Waals surface area contributed by atoms with Gasteiger partial charge in [0.1, 0.15) is 0 Å². The lowest BCUT2D eigenvalue weighted by atomic mass is 10.1. The molecule has 1 saturated carbocycles. The van der Waals surface area contributed by atoms with Gasteiger partial charge in [0.2, 0.25) is 0 Å². The minimum atomic E-state index is -5.28. The molecule has 1 aliphatic carbocycles. The Morgan fingerprint density at radius 3 is 2.33 bits per heavy atom. The molecule has 0 amide bonds. The first-order chi connectivity index (χ1) is 6.74. The summed E-state index contributed by atoms with van der Waals surface area (Å²) in [6, 6.07) is 0. The average Bonchev–Trinajstić information content (AvgIpc) is 2.46. The molecule has 0 aliphatic heterocycles. The Labute approximate surface area is 85.5 Å². The third-order valence-corrected chi connectivity index (χ3v) is 3.62. The van der Waals surface area contributed by atoms with Crippen molar-refractivity contribution in [3.63, 3.8) is 0 Å². The SMILES string of the molecule is O=S(=O)(NCC1CCCC1O)C(F)(F)F. The molecule has 0 bridgehead atoms. The van der Waals surface area contributed by atoms with Crippen LogP contribution in [-0.2, 0) is 10.0 Å². The van der Waals surface area contributed by atoms with Gasteiger partial charge in [0, 0.05) is 6.54 Å². The van der Waals surface area contributed by atoms with Crippen LogP contribution in [0.1, 0.15) is 19.3 Å². The van der Waals surface area contributed by atoms with Gasteiger partial charge in [-0.05, 0) is 18.8 Å². The van der Waals surface area contributed by atoms with Gasteiger partial charge in [0.25, 0.3) is 0 Å². The first kappa shape index (κ1) is 12.7. The van der Waals surface area contributed by atoms with Crippen LogP contribution in [0.15, 0.2) is 0 Å². The number of rotatable bonds is 3. The monoisotopic (exact) mass is 247 g/mol. The van der Waals surface area contributed by atoms with E-state index in [1.165, 1.54) is 4.72 Å². The topological polar surface area (TPSA) is 66.4 Å². The van der Waals surface area contributed by atoms with Crippen LogP contribution in [0.3, 0.4) is 0 Å². The van der Waals surface area contributed by atoms with Gasteiger partial charge in [-0.1, -0.05) is 6.42 Å². The van der Waals surface area contributed by atoms with Crippen molar-refractivity contribution in [1.82, 2.24) is 4.72 Å². The number of sulfonamides is 1. The van der Waals surface area contributed by atoms with E-state index in [2.05, 4.69) is 0 Å². The fourth-order valence-corrected chi connectivity index (χ4v) is 2.15. The van der Waals surface area contributed by atoms with Crippen molar-refractivity contribution in [3.05, 3.63) is 0 Å². The summed E-state index contributed by atoms with van der Waals surface area (Å²) >= 11 is 0. The summed E-state index contributed by atoms with van der Waals surface area (Å²) in [7, 11) is -5.27. The van der Waals surface area contributed by atoms with Crippen LogP contribution < -0.4 is 4.72 Å². The fourth-order valence-electron chi connectivity index (χ4n) is 1.55. The first-order valence-electron chi connectivity index (χ1n) is 4.48. The van der Waals surface area contributed by atoms with Crippen molar-refractivity contribution in [2.75, 3.05) is 6.54 Å². The summed E-state index contributed by atoms with van der Waals surface area (Å²) in [6.45, 7) is -0.358.